The van der Waals surface area contributed by atoms with E-state index in [-0.39, 0.29) is 5.78 Å². The lowest BCUT2D eigenvalue weighted by atomic mass is 10.1. The molecule has 2 heterocycles. The number of ketones is 1. The molecule has 1 saturated heterocycles. The van der Waals surface area contributed by atoms with Crippen molar-refractivity contribution in [2.24, 2.45) is 7.05 Å². The minimum absolute atomic E-state index is 0.0558. The molecular formula is C14H17N3O3. The minimum Gasteiger partial charge on any atom is -0.408 e. The predicted octanol–water partition coefficient (Wildman–Crippen LogP) is 0.219. The average Bonchev–Trinajstić information content (AvgIpc) is 2.74. The zero-order valence-corrected chi connectivity index (χ0v) is 11.4. The van der Waals surface area contributed by atoms with Gasteiger partial charge in [0.1, 0.15) is 0 Å². The number of aryl methyl sites for hydroxylation is 1. The zero-order chi connectivity index (χ0) is 14.1. The highest BCUT2D eigenvalue weighted by Crippen LogP contribution is 2.15. The summed E-state index contributed by atoms with van der Waals surface area (Å²) < 4.78 is 6.54. The van der Waals surface area contributed by atoms with Crippen LogP contribution in [0.2, 0.25) is 0 Å². The van der Waals surface area contributed by atoms with Crippen LogP contribution in [0.25, 0.3) is 11.1 Å². The maximum absolute atomic E-state index is 12.3. The van der Waals surface area contributed by atoms with Gasteiger partial charge in [0.25, 0.3) is 0 Å². The van der Waals surface area contributed by atoms with Crippen LogP contribution in [0.1, 0.15) is 10.4 Å². The van der Waals surface area contributed by atoms with Crippen LogP contribution in [-0.4, -0.2) is 48.0 Å². The molecule has 2 aromatic rings. The molecule has 1 aliphatic rings. The second kappa shape index (κ2) is 5.22. The molecule has 0 amide bonds. The number of carbonyl (C=O) groups is 1. The van der Waals surface area contributed by atoms with E-state index in [0.29, 0.717) is 23.2 Å². The lowest BCUT2D eigenvalue weighted by molar-refractivity contribution is 0.0921. The summed E-state index contributed by atoms with van der Waals surface area (Å²) in [4.78, 5) is 25.8. The van der Waals surface area contributed by atoms with Gasteiger partial charge in [0, 0.05) is 38.8 Å². The number of nitrogens with zero attached hydrogens (tertiary/aromatic N) is 2. The third-order valence-corrected chi connectivity index (χ3v) is 3.69. The first-order valence-corrected chi connectivity index (χ1v) is 6.71. The van der Waals surface area contributed by atoms with Gasteiger partial charge in [-0.1, -0.05) is 0 Å². The van der Waals surface area contributed by atoms with E-state index in [1.54, 1.807) is 25.2 Å². The highest BCUT2D eigenvalue weighted by Gasteiger charge is 2.16. The quantitative estimate of drug-likeness (QED) is 0.812. The van der Waals surface area contributed by atoms with Gasteiger partial charge in [-0.15, -0.1) is 0 Å². The van der Waals surface area contributed by atoms with Gasteiger partial charge in [-0.05, 0) is 18.2 Å². The third-order valence-electron chi connectivity index (χ3n) is 3.69. The molecule has 3 rings (SSSR count). The third kappa shape index (κ3) is 2.39. The average molecular weight is 275 g/mol. The molecule has 1 fully saturated rings. The molecule has 0 saturated carbocycles. The number of aromatic nitrogens is 1. The number of oxazole rings is 1. The fourth-order valence-electron chi connectivity index (χ4n) is 2.47. The Hall–Kier alpha value is -1.92. The monoisotopic (exact) mass is 275 g/mol. The molecule has 1 aromatic carbocycles. The molecule has 20 heavy (non-hydrogen) atoms. The number of nitrogens with one attached hydrogen (secondary N) is 1. The number of fused-ring (bicyclic) bond motifs is 1. The van der Waals surface area contributed by atoms with E-state index in [2.05, 4.69) is 10.2 Å². The number of benzene rings is 1. The normalized spacial score (nSPS) is 16.6. The first-order valence-electron chi connectivity index (χ1n) is 6.71. The van der Waals surface area contributed by atoms with Gasteiger partial charge in [0.2, 0.25) is 0 Å². The van der Waals surface area contributed by atoms with Crippen LogP contribution in [0.15, 0.2) is 27.4 Å². The zero-order valence-electron chi connectivity index (χ0n) is 11.4. The van der Waals surface area contributed by atoms with Crippen LogP contribution in [0.3, 0.4) is 0 Å². The van der Waals surface area contributed by atoms with Crippen molar-refractivity contribution < 1.29 is 9.21 Å². The first kappa shape index (κ1) is 13.1. The predicted molar refractivity (Wildman–Crippen MR) is 75.1 cm³/mol. The molecule has 1 aromatic heterocycles. The molecule has 0 atom stereocenters. The second-order valence-corrected chi connectivity index (χ2v) is 5.06. The van der Waals surface area contributed by atoms with E-state index >= 15 is 0 Å². The van der Waals surface area contributed by atoms with Crippen LogP contribution in [0, 0.1) is 0 Å². The number of hydrogen-bond acceptors (Lipinski definition) is 5. The molecule has 1 aliphatic heterocycles. The van der Waals surface area contributed by atoms with E-state index < -0.39 is 5.76 Å². The summed E-state index contributed by atoms with van der Waals surface area (Å²) in [5.74, 6) is -0.355. The van der Waals surface area contributed by atoms with Crippen molar-refractivity contribution in [2.75, 3.05) is 32.7 Å². The van der Waals surface area contributed by atoms with E-state index in [1.807, 2.05) is 0 Å². The van der Waals surface area contributed by atoms with Crippen molar-refractivity contribution in [3.8, 4) is 0 Å². The Labute approximate surface area is 116 Å². The summed E-state index contributed by atoms with van der Waals surface area (Å²) in [6.07, 6.45) is 0. The summed E-state index contributed by atoms with van der Waals surface area (Å²) in [6.45, 7) is 4.01. The summed E-state index contributed by atoms with van der Waals surface area (Å²) in [5, 5.41) is 3.26. The van der Waals surface area contributed by atoms with Crippen LogP contribution in [0.5, 0.6) is 0 Å². The molecule has 1 N–H and O–H groups in total. The molecular weight excluding hydrogens is 258 g/mol. The number of Topliss-reactive ketones (excluding diaryl/α,β-unsaturated/α-hetero) is 1. The summed E-state index contributed by atoms with van der Waals surface area (Å²) in [6, 6.07) is 5.16. The molecule has 0 spiro atoms. The van der Waals surface area contributed by atoms with Crippen LogP contribution >= 0.6 is 0 Å². The number of carbonyl (C=O) groups excluding carboxylic acids is 1. The standard InChI is InChI=1S/C14H17N3O3/c1-16-11-3-2-10(8-13(11)20-14(16)19)12(18)9-17-6-4-15-5-7-17/h2-3,8,15H,4-7,9H2,1H3. The fraction of sp³-hybridized carbons (Fsp3) is 0.429. The number of piperazine rings is 1. The van der Waals surface area contributed by atoms with E-state index in [1.165, 1.54) is 4.57 Å². The van der Waals surface area contributed by atoms with Gasteiger partial charge in [-0.2, -0.15) is 0 Å². The maximum Gasteiger partial charge on any atom is 0.419 e. The molecule has 0 radical (unpaired) electrons. The Morgan fingerprint density at radius 2 is 2.10 bits per heavy atom. The maximum atomic E-state index is 12.3. The van der Waals surface area contributed by atoms with Gasteiger partial charge < -0.3 is 9.73 Å². The Balaban J connectivity index is 1.82. The van der Waals surface area contributed by atoms with Crippen LogP contribution in [0.4, 0.5) is 0 Å². The summed E-state index contributed by atoms with van der Waals surface area (Å²) in [5.41, 5.74) is 1.75. The van der Waals surface area contributed by atoms with Gasteiger partial charge in [-0.3, -0.25) is 14.3 Å². The van der Waals surface area contributed by atoms with Gasteiger partial charge in [0.05, 0.1) is 12.1 Å². The number of hydrogen-bond donors (Lipinski definition) is 1. The molecule has 106 valence electrons. The molecule has 0 unspecified atom stereocenters. The van der Waals surface area contributed by atoms with Crippen molar-refractivity contribution in [3.63, 3.8) is 0 Å². The molecule has 0 bridgehead atoms. The Morgan fingerprint density at radius 3 is 2.85 bits per heavy atom. The largest absolute Gasteiger partial charge is 0.419 e. The SMILES string of the molecule is Cn1c(=O)oc2cc(C(=O)CN3CCNCC3)ccc21. The van der Waals surface area contributed by atoms with Crippen molar-refractivity contribution in [3.05, 3.63) is 34.3 Å². The van der Waals surface area contributed by atoms with Gasteiger partial charge in [-0.25, -0.2) is 4.79 Å². The van der Waals surface area contributed by atoms with E-state index in [4.69, 9.17) is 4.42 Å². The topological polar surface area (TPSA) is 67.5 Å². The fourth-order valence-corrected chi connectivity index (χ4v) is 2.47. The Morgan fingerprint density at radius 1 is 1.35 bits per heavy atom. The highest BCUT2D eigenvalue weighted by atomic mass is 16.4. The van der Waals surface area contributed by atoms with E-state index in [0.717, 1.165) is 26.2 Å². The molecule has 6 heteroatoms. The van der Waals surface area contributed by atoms with Crippen LogP contribution in [-0.2, 0) is 7.05 Å². The first-order chi connectivity index (χ1) is 9.65. The van der Waals surface area contributed by atoms with Crippen molar-refractivity contribution >= 4 is 16.9 Å². The number of rotatable bonds is 3. The van der Waals surface area contributed by atoms with Gasteiger partial charge >= 0.3 is 5.76 Å². The summed E-state index contributed by atoms with van der Waals surface area (Å²) >= 11 is 0. The Kier molecular flexibility index (Phi) is 3.42. The van der Waals surface area contributed by atoms with Crippen molar-refractivity contribution in [1.82, 2.24) is 14.8 Å². The molecule has 6 nitrogen and oxygen atoms in total. The lowest BCUT2D eigenvalue weighted by Gasteiger charge is -2.26. The Bertz CT molecular complexity index is 695. The summed E-state index contributed by atoms with van der Waals surface area (Å²) in [7, 11) is 1.65. The van der Waals surface area contributed by atoms with Crippen molar-refractivity contribution in [1.29, 1.82) is 0 Å². The molecule has 0 aliphatic carbocycles. The lowest BCUT2D eigenvalue weighted by Crippen LogP contribution is -2.45. The highest BCUT2D eigenvalue weighted by molar-refractivity contribution is 5.99. The van der Waals surface area contributed by atoms with E-state index in [9.17, 15) is 9.59 Å². The van der Waals surface area contributed by atoms with Crippen molar-refractivity contribution in [2.45, 2.75) is 0 Å². The minimum atomic E-state index is -0.410. The second-order valence-electron chi connectivity index (χ2n) is 5.06. The van der Waals surface area contributed by atoms with Gasteiger partial charge in [0.15, 0.2) is 11.4 Å². The smallest absolute Gasteiger partial charge is 0.408 e. The van der Waals surface area contributed by atoms with Crippen LogP contribution < -0.4 is 11.1 Å².